The van der Waals surface area contributed by atoms with Gasteiger partial charge in [-0.15, -0.1) is 5.10 Å². The molecule has 0 spiro atoms. The Morgan fingerprint density at radius 3 is 2.96 bits per heavy atom. The molecule has 1 N–H and O–H groups in total. The van der Waals surface area contributed by atoms with Crippen LogP contribution in [-0.4, -0.2) is 53.5 Å². The van der Waals surface area contributed by atoms with Crippen LogP contribution < -0.4 is 5.32 Å². The topological polar surface area (TPSA) is 73.7 Å². The number of fused-ring (bicyclic) bond motifs is 1. The molecule has 23 heavy (non-hydrogen) atoms. The minimum atomic E-state index is 0.153. The molecule has 2 saturated heterocycles. The molecule has 0 radical (unpaired) electrons. The lowest BCUT2D eigenvalue weighted by Crippen LogP contribution is -2.41. The van der Waals surface area contributed by atoms with Gasteiger partial charge in [0.25, 0.3) is 0 Å². The number of ether oxygens (including phenoxy) is 3. The second kappa shape index (κ2) is 6.37. The number of nitrogens with zero attached hydrogens (tertiary/aromatic N) is 3. The smallest absolute Gasteiger partial charge is 0.113 e. The molecule has 0 aliphatic carbocycles. The van der Waals surface area contributed by atoms with Gasteiger partial charge in [0.05, 0.1) is 37.3 Å². The van der Waals surface area contributed by atoms with Gasteiger partial charge < -0.3 is 19.5 Å². The first kappa shape index (κ1) is 14.8. The van der Waals surface area contributed by atoms with Gasteiger partial charge in [0.1, 0.15) is 11.8 Å². The molecule has 0 unspecified atom stereocenters. The molecular weight excluding hydrogens is 296 g/mol. The van der Waals surface area contributed by atoms with E-state index in [-0.39, 0.29) is 12.2 Å². The summed E-state index contributed by atoms with van der Waals surface area (Å²) in [6.45, 7) is 2.86. The van der Waals surface area contributed by atoms with Gasteiger partial charge >= 0.3 is 0 Å². The summed E-state index contributed by atoms with van der Waals surface area (Å²) in [6.07, 6.45) is 2.66. The summed E-state index contributed by atoms with van der Waals surface area (Å²) < 4.78 is 18.3. The first-order valence-electron chi connectivity index (χ1n) is 7.81. The van der Waals surface area contributed by atoms with Crippen molar-refractivity contribution < 1.29 is 14.2 Å². The summed E-state index contributed by atoms with van der Waals surface area (Å²) in [7, 11) is 1.64. The predicted molar refractivity (Wildman–Crippen MR) is 82.2 cm³/mol. The number of nitrogens with one attached hydrogen (secondary N) is 1. The zero-order valence-electron chi connectivity index (χ0n) is 13.0. The van der Waals surface area contributed by atoms with E-state index in [4.69, 9.17) is 14.2 Å². The lowest BCUT2D eigenvalue weighted by molar-refractivity contribution is 0.0211. The maximum Gasteiger partial charge on any atom is 0.113 e. The Balaban J connectivity index is 1.35. The SMILES string of the molecule is COCc1cn(-c2ccc(CO[C@@H]3CNC[C@H]4O[C@@H]34)cc2)nn1. The van der Waals surface area contributed by atoms with Crippen molar-refractivity contribution >= 4 is 0 Å². The van der Waals surface area contributed by atoms with Gasteiger partial charge in [-0.2, -0.15) is 0 Å². The van der Waals surface area contributed by atoms with Gasteiger partial charge in [-0.25, -0.2) is 4.68 Å². The number of hydrogen-bond donors (Lipinski definition) is 1. The lowest BCUT2D eigenvalue weighted by atomic mass is 10.1. The first-order valence-corrected chi connectivity index (χ1v) is 7.81. The van der Waals surface area contributed by atoms with E-state index < -0.39 is 0 Å². The average Bonchev–Trinajstić information content (AvgIpc) is 3.24. The van der Waals surface area contributed by atoms with Crippen LogP contribution in [0.5, 0.6) is 0 Å². The van der Waals surface area contributed by atoms with Crippen molar-refractivity contribution in [1.82, 2.24) is 20.3 Å². The molecule has 0 amide bonds. The van der Waals surface area contributed by atoms with Crippen molar-refractivity contribution in [2.75, 3.05) is 20.2 Å². The summed E-state index contributed by atoms with van der Waals surface area (Å²) in [5.41, 5.74) is 2.91. The Morgan fingerprint density at radius 2 is 2.13 bits per heavy atom. The van der Waals surface area contributed by atoms with Crippen molar-refractivity contribution in [3.63, 3.8) is 0 Å². The van der Waals surface area contributed by atoms with Gasteiger partial charge in [-0.1, -0.05) is 17.3 Å². The van der Waals surface area contributed by atoms with Crippen LogP contribution in [0.15, 0.2) is 30.5 Å². The van der Waals surface area contributed by atoms with Crippen molar-refractivity contribution in [3.8, 4) is 5.69 Å². The van der Waals surface area contributed by atoms with Crippen LogP contribution in [0.3, 0.4) is 0 Å². The zero-order valence-corrected chi connectivity index (χ0v) is 13.0. The molecule has 2 aliphatic rings. The van der Waals surface area contributed by atoms with E-state index in [9.17, 15) is 0 Å². The molecule has 1 aromatic carbocycles. The maximum absolute atomic E-state index is 5.97. The highest BCUT2D eigenvalue weighted by Crippen LogP contribution is 2.29. The van der Waals surface area contributed by atoms with Crippen molar-refractivity contribution in [2.24, 2.45) is 0 Å². The molecule has 0 bridgehead atoms. The van der Waals surface area contributed by atoms with Crippen molar-refractivity contribution in [3.05, 3.63) is 41.7 Å². The van der Waals surface area contributed by atoms with Crippen molar-refractivity contribution in [2.45, 2.75) is 31.5 Å². The van der Waals surface area contributed by atoms with E-state index in [0.717, 1.165) is 30.0 Å². The minimum absolute atomic E-state index is 0.153. The van der Waals surface area contributed by atoms with Crippen LogP contribution >= 0.6 is 0 Å². The Hall–Kier alpha value is -1.80. The highest BCUT2D eigenvalue weighted by molar-refractivity contribution is 5.33. The van der Waals surface area contributed by atoms with Crippen LogP contribution in [0.1, 0.15) is 11.3 Å². The van der Waals surface area contributed by atoms with E-state index in [2.05, 4.69) is 27.8 Å². The summed E-state index contributed by atoms with van der Waals surface area (Å²) in [4.78, 5) is 0. The molecule has 2 aliphatic heterocycles. The largest absolute Gasteiger partial charge is 0.378 e. The standard InChI is InChI=1S/C16H20N4O3/c1-21-10-12-8-20(19-18-12)13-4-2-11(3-5-13)9-22-14-6-17-7-15-16(14)23-15/h2-5,8,14-17H,6-7,9-10H2,1H3/t14-,15-,16+/m1/s1. The van der Waals surface area contributed by atoms with Crippen LogP contribution in [-0.2, 0) is 27.4 Å². The van der Waals surface area contributed by atoms with Crippen LogP contribution in [0.2, 0.25) is 0 Å². The maximum atomic E-state index is 5.97. The van der Waals surface area contributed by atoms with Gasteiger partial charge in [0, 0.05) is 20.2 Å². The van der Waals surface area contributed by atoms with E-state index in [0.29, 0.717) is 19.3 Å². The first-order chi connectivity index (χ1) is 11.3. The number of epoxide rings is 1. The second-order valence-electron chi connectivity index (χ2n) is 5.90. The Morgan fingerprint density at radius 1 is 1.26 bits per heavy atom. The number of aromatic nitrogens is 3. The summed E-state index contributed by atoms with van der Waals surface area (Å²) >= 11 is 0. The third-order valence-electron chi connectivity index (χ3n) is 4.18. The van der Waals surface area contributed by atoms with E-state index in [1.54, 1.807) is 11.8 Å². The van der Waals surface area contributed by atoms with Gasteiger partial charge in [0.2, 0.25) is 0 Å². The Kier molecular flexibility index (Phi) is 4.09. The summed E-state index contributed by atoms with van der Waals surface area (Å²) in [5.74, 6) is 0. The molecule has 3 atom stereocenters. The van der Waals surface area contributed by atoms with Gasteiger partial charge in [-0.05, 0) is 17.7 Å². The third kappa shape index (κ3) is 3.28. The fourth-order valence-electron chi connectivity index (χ4n) is 2.87. The summed E-state index contributed by atoms with van der Waals surface area (Å²) in [5, 5.41) is 11.5. The molecule has 4 rings (SSSR count). The predicted octanol–water partition coefficient (Wildman–Crippen LogP) is 0.669. The van der Waals surface area contributed by atoms with Gasteiger partial charge in [0.15, 0.2) is 0 Å². The molecule has 0 saturated carbocycles. The van der Waals surface area contributed by atoms with E-state index in [1.165, 1.54) is 0 Å². The average molecular weight is 316 g/mol. The van der Waals surface area contributed by atoms with Gasteiger partial charge in [-0.3, -0.25) is 0 Å². The van der Waals surface area contributed by atoms with E-state index >= 15 is 0 Å². The molecule has 3 heterocycles. The van der Waals surface area contributed by atoms with Crippen LogP contribution in [0.25, 0.3) is 5.69 Å². The lowest BCUT2D eigenvalue weighted by Gasteiger charge is -2.20. The number of methoxy groups -OCH3 is 1. The Bertz CT molecular complexity index is 658. The van der Waals surface area contributed by atoms with Crippen LogP contribution in [0, 0.1) is 0 Å². The Labute approximate surface area is 134 Å². The second-order valence-corrected chi connectivity index (χ2v) is 5.90. The number of hydrogen-bond acceptors (Lipinski definition) is 6. The molecular formula is C16H20N4O3. The molecule has 7 nitrogen and oxygen atoms in total. The number of piperidine rings is 1. The highest BCUT2D eigenvalue weighted by Gasteiger charge is 2.48. The summed E-state index contributed by atoms with van der Waals surface area (Å²) in [6, 6.07) is 8.13. The molecule has 2 aromatic rings. The molecule has 7 heteroatoms. The van der Waals surface area contributed by atoms with E-state index in [1.807, 2.05) is 18.3 Å². The highest BCUT2D eigenvalue weighted by atomic mass is 16.6. The molecule has 1 aromatic heterocycles. The van der Waals surface area contributed by atoms with Crippen molar-refractivity contribution in [1.29, 1.82) is 0 Å². The fourth-order valence-corrected chi connectivity index (χ4v) is 2.87. The number of rotatable bonds is 6. The number of benzene rings is 1. The third-order valence-corrected chi connectivity index (χ3v) is 4.18. The minimum Gasteiger partial charge on any atom is -0.378 e. The van der Waals surface area contributed by atoms with Crippen LogP contribution in [0.4, 0.5) is 0 Å². The zero-order chi connectivity index (χ0) is 15.6. The monoisotopic (exact) mass is 316 g/mol. The normalized spacial score (nSPS) is 26.0. The molecule has 122 valence electrons. The fraction of sp³-hybridized carbons (Fsp3) is 0.500. The molecule has 2 fully saturated rings. The quantitative estimate of drug-likeness (QED) is 0.790.